The van der Waals surface area contributed by atoms with Crippen molar-refractivity contribution >= 4 is 16.8 Å². The SMILES string of the molecule is CC(CCN)CNc1ccc2oc(=O)n(C)c2c1. The van der Waals surface area contributed by atoms with E-state index in [1.807, 2.05) is 18.2 Å². The second kappa shape index (κ2) is 5.27. The van der Waals surface area contributed by atoms with E-state index in [-0.39, 0.29) is 5.76 Å². The number of rotatable bonds is 5. The summed E-state index contributed by atoms with van der Waals surface area (Å²) in [5.41, 5.74) is 7.92. The summed E-state index contributed by atoms with van der Waals surface area (Å²) in [5, 5.41) is 3.35. The van der Waals surface area contributed by atoms with E-state index in [9.17, 15) is 4.79 Å². The third-order valence-electron chi connectivity index (χ3n) is 3.11. The molecule has 0 aliphatic heterocycles. The van der Waals surface area contributed by atoms with Gasteiger partial charge in [0.1, 0.15) is 0 Å². The summed E-state index contributed by atoms with van der Waals surface area (Å²) < 4.78 is 6.58. The molecule has 0 spiro atoms. The molecule has 2 aromatic rings. The van der Waals surface area contributed by atoms with Gasteiger partial charge in [-0.2, -0.15) is 0 Å². The zero-order valence-electron chi connectivity index (χ0n) is 10.8. The summed E-state index contributed by atoms with van der Waals surface area (Å²) in [7, 11) is 1.70. The largest absolute Gasteiger partial charge is 0.419 e. The van der Waals surface area contributed by atoms with Gasteiger partial charge in [0.25, 0.3) is 0 Å². The van der Waals surface area contributed by atoms with Crippen molar-refractivity contribution in [2.45, 2.75) is 13.3 Å². The second-order valence-electron chi connectivity index (χ2n) is 4.67. The normalized spacial score (nSPS) is 12.8. The van der Waals surface area contributed by atoms with Gasteiger partial charge < -0.3 is 15.5 Å². The minimum absolute atomic E-state index is 0.335. The Balaban J connectivity index is 2.15. The summed E-state index contributed by atoms with van der Waals surface area (Å²) >= 11 is 0. The molecule has 3 N–H and O–H groups in total. The number of aromatic nitrogens is 1. The number of nitrogens with two attached hydrogens (primary N) is 1. The number of aryl methyl sites for hydroxylation is 1. The molecule has 0 saturated heterocycles. The lowest BCUT2D eigenvalue weighted by Crippen LogP contribution is -2.15. The van der Waals surface area contributed by atoms with Crippen LogP contribution >= 0.6 is 0 Å². The van der Waals surface area contributed by atoms with E-state index in [0.717, 1.165) is 24.2 Å². The van der Waals surface area contributed by atoms with Crippen LogP contribution in [0.25, 0.3) is 11.1 Å². The molecule has 0 amide bonds. The van der Waals surface area contributed by atoms with Gasteiger partial charge in [-0.05, 0) is 37.1 Å². The first-order valence-electron chi connectivity index (χ1n) is 6.15. The highest BCUT2D eigenvalue weighted by molar-refractivity contribution is 5.77. The fourth-order valence-corrected chi connectivity index (χ4v) is 1.92. The Morgan fingerprint density at radius 3 is 3.00 bits per heavy atom. The Kier molecular flexibility index (Phi) is 3.72. The fraction of sp³-hybridized carbons (Fsp3) is 0.462. The number of fused-ring (bicyclic) bond motifs is 1. The Hall–Kier alpha value is -1.75. The second-order valence-corrected chi connectivity index (χ2v) is 4.67. The van der Waals surface area contributed by atoms with Gasteiger partial charge in [0.2, 0.25) is 0 Å². The maximum atomic E-state index is 11.4. The van der Waals surface area contributed by atoms with E-state index in [2.05, 4.69) is 12.2 Å². The van der Waals surface area contributed by atoms with Crippen LogP contribution in [0.2, 0.25) is 0 Å². The summed E-state index contributed by atoms with van der Waals surface area (Å²) in [5.74, 6) is 0.192. The Labute approximate surface area is 106 Å². The molecule has 0 saturated carbocycles. The molecule has 1 aromatic heterocycles. The van der Waals surface area contributed by atoms with Crippen molar-refractivity contribution < 1.29 is 4.42 Å². The molecule has 0 fully saturated rings. The van der Waals surface area contributed by atoms with Gasteiger partial charge in [-0.3, -0.25) is 4.57 Å². The smallest absolute Gasteiger partial charge is 0.408 e. The zero-order chi connectivity index (χ0) is 13.1. The number of nitrogens with one attached hydrogen (secondary N) is 1. The average Bonchev–Trinajstić information content (AvgIpc) is 2.63. The van der Waals surface area contributed by atoms with Crippen LogP contribution in [0, 0.1) is 5.92 Å². The Bertz CT molecular complexity index is 585. The minimum atomic E-state index is -0.335. The van der Waals surface area contributed by atoms with Crippen LogP contribution < -0.4 is 16.8 Å². The highest BCUT2D eigenvalue weighted by Gasteiger charge is 2.07. The van der Waals surface area contributed by atoms with Gasteiger partial charge in [0.15, 0.2) is 5.58 Å². The predicted molar refractivity (Wildman–Crippen MR) is 72.8 cm³/mol. The molecular weight excluding hydrogens is 230 g/mol. The highest BCUT2D eigenvalue weighted by atomic mass is 16.4. The Morgan fingerprint density at radius 1 is 1.50 bits per heavy atom. The lowest BCUT2D eigenvalue weighted by Gasteiger charge is -2.12. The van der Waals surface area contributed by atoms with Crippen LogP contribution in [0.1, 0.15) is 13.3 Å². The van der Waals surface area contributed by atoms with Crippen LogP contribution in [-0.4, -0.2) is 17.7 Å². The molecule has 1 aromatic carbocycles. The first kappa shape index (κ1) is 12.7. The standard InChI is InChI=1S/C13H19N3O2/c1-9(5-6-14)8-15-10-3-4-12-11(7-10)16(2)13(17)18-12/h3-4,7,9,15H,5-6,8,14H2,1-2H3. The van der Waals surface area contributed by atoms with Crippen molar-refractivity contribution in [1.29, 1.82) is 0 Å². The third kappa shape index (κ3) is 2.56. The van der Waals surface area contributed by atoms with E-state index in [0.29, 0.717) is 18.0 Å². The van der Waals surface area contributed by atoms with E-state index < -0.39 is 0 Å². The number of nitrogens with zero attached hydrogens (tertiary/aromatic N) is 1. The molecule has 5 heteroatoms. The lowest BCUT2D eigenvalue weighted by molar-refractivity contribution is 0.528. The molecule has 18 heavy (non-hydrogen) atoms. The number of hydrogen-bond acceptors (Lipinski definition) is 4. The van der Waals surface area contributed by atoms with E-state index in [1.54, 1.807) is 7.05 Å². The van der Waals surface area contributed by atoms with Gasteiger partial charge in [-0.25, -0.2) is 4.79 Å². The summed E-state index contributed by atoms with van der Waals surface area (Å²) in [6, 6.07) is 5.66. The maximum Gasteiger partial charge on any atom is 0.419 e. The summed E-state index contributed by atoms with van der Waals surface area (Å²) in [6.07, 6.45) is 0.999. The number of benzene rings is 1. The molecule has 1 heterocycles. The molecule has 0 radical (unpaired) electrons. The van der Waals surface area contributed by atoms with Crippen molar-refractivity contribution in [1.82, 2.24) is 4.57 Å². The molecular formula is C13H19N3O2. The van der Waals surface area contributed by atoms with Gasteiger partial charge >= 0.3 is 5.76 Å². The topological polar surface area (TPSA) is 73.2 Å². The van der Waals surface area contributed by atoms with Crippen molar-refractivity contribution in [3.63, 3.8) is 0 Å². The molecule has 0 aliphatic carbocycles. The monoisotopic (exact) mass is 249 g/mol. The van der Waals surface area contributed by atoms with E-state index >= 15 is 0 Å². The van der Waals surface area contributed by atoms with Crippen molar-refractivity contribution in [3.8, 4) is 0 Å². The van der Waals surface area contributed by atoms with Crippen molar-refractivity contribution in [2.75, 3.05) is 18.4 Å². The van der Waals surface area contributed by atoms with Gasteiger partial charge in [-0.15, -0.1) is 0 Å². The number of oxazole rings is 1. The number of anilines is 1. The first-order valence-corrected chi connectivity index (χ1v) is 6.15. The van der Waals surface area contributed by atoms with Crippen LogP contribution in [-0.2, 0) is 7.05 Å². The van der Waals surface area contributed by atoms with Crippen LogP contribution in [0.15, 0.2) is 27.4 Å². The van der Waals surface area contributed by atoms with E-state index in [4.69, 9.17) is 10.2 Å². The highest BCUT2D eigenvalue weighted by Crippen LogP contribution is 2.18. The molecule has 1 unspecified atom stereocenters. The maximum absolute atomic E-state index is 11.4. The van der Waals surface area contributed by atoms with Crippen molar-refractivity contribution in [3.05, 3.63) is 28.7 Å². The van der Waals surface area contributed by atoms with Gasteiger partial charge in [-0.1, -0.05) is 6.92 Å². The van der Waals surface area contributed by atoms with Gasteiger partial charge in [0, 0.05) is 19.3 Å². The summed E-state index contributed by atoms with van der Waals surface area (Å²) in [4.78, 5) is 11.4. The Morgan fingerprint density at radius 2 is 2.28 bits per heavy atom. The van der Waals surface area contributed by atoms with E-state index in [1.165, 1.54) is 4.57 Å². The van der Waals surface area contributed by atoms with Gasteiger partial charge in [0.05, 0.1) is 5.52 Å². The van der Waals surface area contributed by atoms with Crippen LogP contribution in [0.5, 0.6) is 0 Å². The lowest BCUT2D eigenvalue weighted by atomic mass is 10.1. The average molecular weight is 249 g/mol. The molecule has 0 aliphatic rings. The van der Waals surface area contributed by atoms with Crippen LogP contribution in [0.3, 0.4) is 0 Å². The number of hydrogen-bond donors (Lipinski definition) is 2. The first-order chi connectivity index (χ1) is 8.61. The molecule has 1 atom stereocenters. The fourth-order valence-electron chi connectivity index (χ4n) is 1.92. The molecule has 2 rings (SSSR count). The molecule has 0 bridgehead atoms. The third-order valence-corrected chi connectivity index (χ3v) is 3.11. The molecule has 5 nitrogen and oxygen atoms in total. The zero-order valence-corrected chi connectivity index (χ0v) is 10.8. The molecule has 98 valence electrons. The minimum Gasteiger partial charge on any atom is -0.408 e. The van der Waals surface area contributed by atoms with Crippen LogP contribution in [0.4, 0.5) is 5.69 Å². The summed E-state index contributed by atoms with van der Waals surface area (Å²) in [6.45, 7) is 3.73. The quantitative estimate of drug-likeness (QED) is 0.842. The van der Waals surface area contributed by atoms with Crippen molar-refractivity contribution in [2.24, 2.45) is 18.7 Å². The predicted octanol–water partition coefficient (Wildman–Crippen LogP) is 1.53.